The largest absolute Gasteiger partial charge is 0.546 e. The number of aliphatic carboxylic acids is 1. The number of carboxylic acid groups (broad SMARTS) is 1. The van der Waals surface area contributed by atoms with Crippen molar-refractivity contribution in [3.63, 3.8) is 0 Å². The Morgan fingerprint density at radius 3 is 1.07 bits per heavy atom. The Kier molecular flexibility index (Phi) is 21.1. The molecule has 0 saturated heterocycles. The van der Waals surface area contributed by atoms with Gasteiger partial charge in [-0.15, -0.1) is 0 Å². The van der Waals surface area contributed by atoms with E-state index in [0.717, 1.165) is 0 Å². The third-order valence-electron chi connectivity index (χ3n) is 6.42. The maximum atomic E-state index is 11.7. The molecule has 0 spiro atoms. The van der Waals surface area contributed by atoms with Crippen molar-refractivity contribution in [2.24, 2.45) is 0 Å². The molecular formula is C26H53O2P. The molecule has 0 heterocycles. The summed E-state index contributed by atoms with van der Waals surface area (Å²) in [4.78, 5) is 11.7. The third kappa shape index (κ3) is 18.4. The van der Waals surface area contributed by atoms with Gasteiger partial charge in [-0.1, -0.05) is 97.8 Å². The Morgan fingerprint density at radius 2 is 0.793 bits per heavy atom. The second-order valence-electron chi connectivity index (χ2n) is 9.35. The molecule has 2 nitrogen and oxygen atoms in total. The van der Waals surface area contributed by atoms with Crippen LogP contribution in [0.2, 0.25) is 0 Å². The van der Waals surface area contributed by atoms with Crippen molar-refractivity contribution in [3.8, 4) is 0 Å². The van der Waals surface area contributed by atoms with Crippen LogP contribution in [0.3, 0.4) is 0 Å². The second-order valence-corrected chi connectivity index (χ2v) is 13.7. The lowest BCUT2D eigenvalue weighted by Gasteiger charge is -2.28. The van der Waals surface area contributed by atoms with Crippen LogP contribution < -0.4 is 5.11 Å². The SMILES string of the molecule is CCCCCCCC[P+](CCCCCCCC)(CCCCCCCC)CC(=O)[O-]. The summed E-state index contributed by atoms with van der Waals surface area (Å²) >= 11 is 0. The van der Waals surface area contributed by atoms with Crippen LogP contribution in [-0.4, -0.2) is 30.6 Å². The Labute approximate surface area is 184 Å². The minimum atomic E-state index is -1.38. The normalized spacial score (nSPS) is 11.8. The molecule has 0 aromatic heterocycles. The van der Waals surface area contributed by atoms with Crippen molar-refractivity contribution in [2.75, 3.05) is 24.6 Å². The van der Waals surface area contributed by atoms with Crippen molar-refractivity contribution in [2.45, 2.75) is 136 Å². The van der Waals surface area contributed by atoms with Crippen molar-refractivity contribution in [3.05, 3.63) is 0 Å². The van der Waals surface area contributed by atoms with Crippen molar-refractivity contribution < 1.29 is 9.90 Å². The highest BCUT2D eigenvalue weighted by molar-refractivity contribution is 7.76. The fourth-order valence-corrected chi connectivity index (χ4v) is 8.91. The number of carboxylic acids is 1. The zero-order valence-electron chi connectivity index (χ0n) is 20.3. The van der Waals surface area contributed by atoms with E-state index in [9.17, 15) is 9.90 Å². The third-order valence-corrected chi connectivity index (χ3v) is 11.1. The lowest BCUT2D eigenvalue weighted by Crippen LogP contribution is -2.30. The molecule has 3 heteroatoms. The number of hydrogen-bond donors (Lipinski definition) is 0. The number of carbonyl (C=O) groups excluding carboxylic acids is 1. The molecule has 0 N–H and O–H groups in total. The molecule has 29 heavy (non-hydrogen) atoms. The lowest BCUT2D eigenvalue weighted by atomic mass is 10.1. The van der Waals surface area contributed by atoms with Gasteiger partial charge in [0.2, 0.25) is 0 Å². The first kappa shape index (κ1) is 28.9. The Balaban J connectivity index is 4.59. The molecule has 0 aliphatic heterocycles. The zero-order chi connectivity index (χ0) is 21.6. The molecule has 0 aromatic rings. The van der Waals surface area contributed by atoms with Gasteiger partial charge in [-0.05, 0) is 38.5 Å². The van der Waals surface area contributed by atoms with Gasteiger partial charge in [-0.3, -0.25) is 0 Å². The molecule has 0 aliphatic rings. The molecule has 0 fully saturated rings. The zero-order valence-corrected chi connectivity index (χ0v) is 21.2. The smallest absolute Gasteiger partial charge is 0.0986 e. The van der Waals surface area contributed by atoms with E-state index in [0.29, 0.717) is 6.16 Å². The first-order valence-electron chi connectivity index (χ1n) is 13.1. The molecule has 0 saturated carbocycles. The van der Waals surface area contributed by atoms with Crippen LogP contribution in [0.25, 0.3) is 0 Å². The van der Waals surface area contributed by atoms with Crippen LogP contribution in [0.4, 0.5) is 0 Å². The van der Waals surface area contributed by atoms with E-state index in [-0.39, 0.29) is 0 Å². The van der Waals surface area contributed by atoms with E-state index in [2.05, 4.69) is 20.8 Å². The van der Waals surface area contributed by atoms with Gasteiger partial charge < -0.3 is 9.90 Å². The van der Waals surface area contributed by atoms with E-state index >= 15 is 0 Å². The van der Waals surface area contributed by atoms with Crippen LogP contribution in [0.1, 0.15) is 136 Å². The van der Waals surface area contributed by atoms with E-state index in [1.807, 2.05) is 0 Å². The van der Waals surface area contributed by atoms with Crippen LogP contribution in [0, 0.1) is 0 Å². The summed E-state index contributed by atoms with van der Waals surface area (Å²) in [5.74, 6) is -0.777. The quantitative estimate of drug-likeness (QED) is 0.123. The highest BCUT2D eigenvalue weighted by Crippen LogP contribution is 2.60. The molecular weight excluding hydrogens is 375 g/mol. The minimum Gasteiger partial charge on any atom is -0.546 e. The maximum absolute atomic E-state index is 11.7. The number of carbonyl (C=O) groups is 1. The predicted molar refractivity (Wildman–Crippen MR) is 132 cm³/mol. The van der Waals surface area contributed by atoms with Crippen LogP contribution in [-0.2, 0) is 4.79 Å². The molecule has 174 valence electrons. The summed E-state index contributed by atoms with van der Waals surface area (Å²) < 4.78 is 0. The van der Waals surface area contributed by atoms with Gasteiger partial charge in [0.05, 0.1) is 30.6 Å². The minimum absolute atomic E-state index is 0.395. The lowest BCUT2D eigenvalue weighted by molar-refractivity contribution is -0.301. The Morgan fingerprint density at radius 1 is 0.517 bits per heavy atom. The summed E-state index contributed by atoms with van der Waals surface area (Å²) in [6, 6.07) is 0. The van der Waals surface area contributed by atoms with Crippen molar-refractivity contribution >= 4 is 13.2 Å². The highest BCUT2D eigenvalue weighted by atomic mass is 31.2. The average molecular weight is 429 g/mol. The summed E-state index contributed by atoms with van der Waals surface area (Å²) in [5.41, 5.74) is 0. The van der Waals surface area contributed by atoms with Gasteiger partial charge in [0, 0.05) is 7.26 Å². The van der Waals surface area contributed by atoms with Crippen LogP contribution in [0.15, 0.2) is 0 Å². The first-order valence-corrected chi connectivity index (χ1v) is 15.7. The molecule has 0 bridgehead atoms. The van der Waals surface area contributed by atoms with Crippen molar-refractivity contribution in [1.82, 2.24) is 0 Å². The second kappa shape index (κ2) is 21.1. The summed E-state index contributed by atoms with van der Waals surface area (Å²) in [6.45, 7) is 6.78. The fraction of sp³-hybridized carbons (Fsp3) is 0.962. The molecule has 0 unspecified atom stereocenters. The first-order chi connectivity index (χ1) is 14.1. The Hall–Kier alpha value is -0.100. The number of hydrogen-bond acceptors (Lipinski definition) is 2. The Bertz CT molecular complexity index is 316. The van der Waals surface area contributed by atoms with Crippen molar-refractivity contribution in [1.29, 1.82) is 0 Å². The number of rotatable bonds is 23. The van der Waals surface area contributed by atoms with E-state index in [1.165, 1.54) is 134 Å². The number of unbranched alkanes of at least 4 members (excludes halogenated alkanes) is 15. The molecule has 0 aromatic carbocycles. The average Bonchev–Trinajstić information content (AvgIpc) is 2.69. The standard InChI is InChI=1S/C26H53O2P/c1-4-7-10-13-16-19-22-29(25-26(27)28,23-20-17-14-11-8-5-2)24-21-18-15-12-9-6-3/h4-25H2,1-3H3. The van der Waals surface area contributed by atoms with E-state index < -0.39 is 13.2 Å². The van der Waals surface area contributed by atoms with Gasteiger partial charge in [0.15, 0.2) is 0 Å². The summed E-state index contributed by atoms with van der Waals surface area (Å²) in [5, 5.41) is 11.7. The summed E-state index contributed by atoms with van der Waals surface area (Å²) in [6.07, 6.45) is 27.5. The topological polar surface area (TPSA) is 40.1 Å². The highest BCUT2D eigenvalue weighted by Gasteiger charge is 2.35. The maximum Gasteiger partial charge on any atom is 0.0986 e. The van der Waals surface area contributed by atoms with E-state index in [4.69, 9.17) is 0 Å². The molecule has 0 radical (unpaired) electrons. The van der Waals surface area contributed by atoms with Gasteiger partial charge in [0.1, 0.15) is 0 Å². The van der Waals surface area contributed by atoms with Gasteiger partial charge in [-0.2, -0.15) is 0 Å². The monoisotopic (exact) mass is 428 g/mol. The van der Waals surface area contributed by atoms with Gasteiger partial charge >= 0.3 is 0 Å². The predicted octanol–water partition coefficient (Wildman–Crippen LogP) is 7.84. The fourth-order valence-electron chi connectivity index (χ4n) is 4.53. The molecule has 0 amide bonds. The molecule has 0 atom stereocenters. The summed E-state index contributed by atoms with van der Waals surface area (Å²) in [7, 11) is -1.38. The molecule has 0 aliphatic carbocycles. The van der Waals surface area contributed by atoms with Crippen LogP contribution >= 0.6 is 7.26 Å². The molecule has 0 rings (SSSR count). The van der Waals surface area contributed by atoms with E-state index in [1.54, 1.807) is 0 Å². The van der Waals surface area contributed by atoms with Crippen LogP contribution in [0.5, 0.6) is 0 Å². The van der Waals surface area contributed by atoms with Gasteiger partial charge in [-0.25, -0.2) is 0 Å². The van der Waals surface area contributed by atoms with Gasteiger partial charge in [0.25, 0.3) is 0 Å².